The van der Waals surface area contributed by atoms with Crippen molar-refractivity contribution < 1.29 is 19.2 Å². The Balaban J connectivity index is 2.20. The lowest BCUT2D eigenvalue weighted by molar-refractivity contribution is -0.153. The molecule has 0 fully saturated rings. The standard InChI is InChI=1S/C18H24N4O4/c1-11(19)22-26-16(23)15(25-17(24)21-18(2,3)4)9-12-10-20-14-8-6-5-7-13(12)14/h5-8,10,15,20H,9H2,1-4H3,(H2,19,22)(H,21,24)/t15-/m0/s1. The number of aromatic nitrogens is 1. The third-order valence-corrected chi connectivity index (χ3v) is 3.35. The van der Waals surface area contributed by atoms with Gasteiger partial charge < -0.3 is 25.6 Å². The number of rotatable bonds is 5. The Morgan fingerprint density at radius 1 is 1.31 bits per heavy atom. The Kier molecular flexibility index (Phi) is 5.86. The number of hydrogen-bond donors (Lipinski definition) is 3. The molecule has 0 aliphatic rings. The Labute approximate surface area is 151 Å². The van der Waals surface area contributed by atoms with Gasteiger partial charge in [-0.05, 0) is 39.3 Å². The van der Waals surface area contributed by atoms with E-state index in [-0.39, 0.29) is 12.3 Å². The van der Waals surface area contributed by atoms with E-state index >= 15 is 0 Å². The van der Waals surface area contributed by atoms with Gasteiger partial charge in [-0.3, -0.25) is 0 Å². The first-order valence-electron chi connectivity index (χ1n) is 8.20. The molecule has 1 heterocycles. The van der Waals surface area contributed by atoms with Crippen molar-refractivity contribution >= 4 is 28.8 Å². The molecule has 2 aromatic rings. The predicted molar refractivity (Wildman–Crippen MR) is 98.5 cm³/mol. The fraction of sp³-hybridized carbons (Fsp3) is 0.389. The van der Waals surface area contributed by atoms with Crippen LogP contribution in [0.3, 0.4) is 0 Å². The average Bonchev–Trinajstić information content (AvgIpc) is 2.93. The topological polar surface area (TPSA) is 119 Å². The van der Waals surface area contributed by atoms with Crippen molar-refractivity contribution in [3.8, 4) is 0 Å². The maximum atomic E-state index is 12.3. The summed E-state index contributed by atoms with van der Waals surface area (Å²) in [4.78, 5) is 32.3. The molecular weight excluding hydrogens is 336 g/mol. The minimum absolute atomic E-state index is 0.0864. The molecule has 0 saturated heterocycles. The predicted octanol–water partition coefficient (Wildman–Crippen LogP) is 2.44. The van der Waals surface area contributed by atoms with E-state index in [0.717, 1.165) is 16.5 Å². The van der Waals surface area contributed by atoms with Crippen LogP contribution >= 0.6 is 0 Å². The molecule has 140 valence electrons. The molecular formula is C18H24N4O4. The molecule has 8 nitrogen and oxygen atoms in total. The van der Waals surface area contributed by atoms with Gasteiger partial charge in [-0.2, -0.15) is 0 Å². The highest BCUT2D eigenvalue weighted by molar-refractivity contribution is 5.85. The summed E-state index contributed by atoms with van der Waals surface area (Å²) < 4.78 is 5.29. The van der Waals surface area contributed by atoms with Crippen molar-refractivity contribution in [1.29, 1.82) is 0 Å². The largest absolute Gasteiger partial charge is 0.434 e. The first-order chi connectivity index (χ1) is 12.2. The number of nitrogens with one attached hydrogen (secondary N) is 2. The lowest BCUT2D eigenvalue weighted by atomic mass is 10.1. The van der Waals surface area contributed by atoms with E-state index in [0.29, 0.717) is 0 Å². The maximum absolute atomic E-state index is 12.3. The molecule has 0 radical (unpaired) electrons. The zero-order valence-corrected chi connectivity index (χ0v) is 15.3. The molecule has 0 aliphatic heterocycles. The summed E-state index contributed by atoms with van der Waals surface area (Å²) >= 11 is 0. The van der Waals surface area contributed by atoms with Gasteiger partial charge in [-0.1, -0.05) is 23.4 Å². The number of fused-ring (bicyclic) bond motifs is 1. The molecule has 4 N–H and O–H groups in total. The normalized spacial score (nSPS) is 13.3. The second kappa shape index (κ2) is 7.90. The number of amidine groups is 1. The third-order valence-electron chi connectivity index (χ3n) is 3.35. The Morgan fingerprint density at radius 2 is 2.00 bits per heavy atom. The van der Waals surface area contributed by atoms with Gasteiger partial charge in [0.05, 0.1) is 0 Å². The number of nitrogens with zero attached hydrogens (tertiary/aromatic N) is 1. The van der Waals surface area contributed by atoms with Gasteiger partial charge in [0.1, 0.15) is 5.84 Å². The molecule has 0 spiro atoms. The number of carbonyl (C=O) groups is 2. The summed E-state index contributed by atoms with van der Waals surface area (Å²) in [5, 5.41) is 7.03. The van der Waals surface area contributed by atoms with Crippen LogP contribution < -0.4 is 11.1 Å². The number of hydrogen-bond acceptors (Lipinski definition) is 5. The highest BCUT2D eigenvalue weighted by Gasteiger charge is 2.28. The number of aromatic amines is 1. The summed E-state index contributed by atoms with van der Waals surface area (Å²) in [5.41, 5.74) is 6.62. The minimum Gasteiger partial charge on any atom is -0.434 e. The number of benzene rings is 1. The van der Waals surface area contributed by atoms with Gasteiger partial charge in [-0.15, -0.1) is 0 Å². The Bertz CT molecular complexity index is 816. The first kappa shape index (κ1) is 19.3. The smallest absolute Gasteiger partial charge is 0.408 e. The molecule has 2 rings (SSSR count). The molecule has 1 aromatic heterocycles. The van der Waals surface area contributed by atoms with Crippen LogP contribution in [0.15, 0.2) is 35.6 Å². The summed E-state index contributed by atoms with van der Waals surface area (Å²) in [6, 6.07) is 7.63. The zero-order valence-electron chi connectivity index (χ0n) is 15.3. The molecule has 26 heavy (non-hydrogen) atoms. The number of para-hydroxylation sites is 1. The van der Waals surface area contributed by atoms with Crippen molar-refractivity contribution in [1.82, 2.24) is 10.3 Å². The zero-order chi connectivity index (χ0) is 19.3. The van der Waals surface area contributed by atoms with Crippen LogP contribution in [-0.2, 0) is 20.8 Å². The van der Waals surface area contributed by atoms with E-state index in [4.69, 9.17) is 15.3 Å². The van der Waals surface area contributed by atoms with Gasteiger partial charge in [-0.25, -0.2) is 9.59 Å². The number of carbonyl (C=O) groups excluding carboxylic acids is 2. The van der Waals surface area contributed by atoms with E-state index in [1.54, 1.807) is 6.20 Å². The van der Waals surface area contributed by atoms with Crippen molar-refractivity contribution in [2.75, 3.05) is 0 Å². The van der Waals surface area contributed by atoms with Crippen molar-refractivity contribution in [2.45, 2.75) is 45.8 Å². The number of ether oxygens (including phenoxy) is 1. The second-order valence-electron chi connectivity index (χ2n) is 6.98. The van der Waals surface area contributed by atoms with Gasteiger partial charge in [0.25, 0.3) is 0 Å². The molecule has 1 atom stereocenters. The molecule has 0 bridgehead atoms. The Morgan fingerprint density at radius 3 is 2.65 bits per heavy atom. The molecule has 1 amide bonds. The fourth-order valence-corrected chi connectivity index (χ4v) is 2.31. The van der Waals surface area contributed by atoms with Crippen molar-refractivity contribution in [2.24, 2.45) is 10.9 Å². The van der Waals surface area contributed by atoms with E-state index in [1.807, 2.05) is 45.0 Å². The van der Waals surface area contributed by atoms with E-state index in [9.17, 15) is 9.59 Å². The van der Waals surface area contributed by atoms with Crippen LogP contribution in [0.4, 0.5) is 4.79 Å². The van der Waals surface area contributed by atoms with Crippen LogP contribution in [0.5, 0.6) is 0 Å². The van der Waals surface area contributed by atoms with Crippen molar-refractivity contribution in [3.05, 3.63) is 36.0 Å². The van der Waals surface area contributed by atoms with Crippen molar-refractivity contribution in [3.63, 3.8) is 0 Å². The van der Waals surface area contributed by atoms with Gasteiger partial charge >= 0.3 is 12.1 Å². The fourth-order valence-electron chi connectivity index (χ4n) is 2.31. The number of amides is 1. The van der Waals surface area contributed by atoms with Crippen LogP contribution in [0.1, 0.15) is 33.3 Å². The third kappa shape index (κ3) is 5.51. The highest BCUT2D eigenvalue weighted by atomic mass is 16.7. The van der Waals surface area contributed by atoms with E-state index in [1.165, 1.54) is 6.92 Å². The lowest BCUT2D eigenvalue weighted by Gasteiger charge is -2.22. The quantitative estimate of drug-likeness (QED) is 0.327. The highest BCUT2D eigenvalue weighted by Crippen LogP contribution is 2.20. The SMILES string of the molecule is C/C(N)=N/OC(=O)[C@H](Cc1c[nH]c2ccccc12)OC(=O)NC(C)(C)C. The van der Waals surface area contributed by atoms with Gasteiger partial charge in [0, 0.05) is 29.1 Å². The van der Waals surface area contributed by atoms with Crippen LogP contribution in [0, 0.1) is 0 Å². The van der Waals surface area contributed by atoms with Gasteiger partial charge in [0.2, 0.25) is 6.10 Å². The number of H-pyrrole nitrogens is 1. The van der Waals surface area contributed by atoms with Gasteiger partial charge in [0.15, 0.2) is 0 Å². The molecule has 0 aliphatic carbocycles. The number of alkyl carbamates (subject to hydrolysis) is 1. The number of nitrogens with two attached hydrogens (primary N) is 1. The minimum atomic E-state index is -1.17. The van der Waals surface area contributed by atoms with Crippen LogP contribution in [-0.4, -0.2) is 34.5 Å². The summed E-state index contributed by atoms with van der Waals surface area (Å²) in [6.07, 6.45) is 0.0277. The first-order valence-corrected chi connectivity index (χ1v) is 8.20. The molecule has 0 saturated carbocycles. The maximum Gasteiger partial charge on any atom is 0.408 e. The van der Waals surface area contributed by atoms with Crippen LogP contribution in [0.25, 0.3) is 10.9 Å². The molecule has 0 unspecified atom stereocenters. The Hall–Kier alpha value is -3.03. The summed E-state index contributed by atoms with van der Waals surface area (Å²) in [6.45, 7) is 6.91. The second-order valence-corrected chi connectivity index (χ2v) is 6.98. The molecule has 8 heteroatoms. The molecule has 1 aromatic carbocycles. The van der Waals surface area contributed by atoms with Crippen LogP contribution in [0.2, 0.25) is 0 Å². The number of oxime groups is 1. The summed E-state index contributed by atoms with van der Waals surface area (Å²) in [7, 11) is 0. The monoisotopic (exact) mass is 360 g/mol. The summed E-state index contributed by atoms with van der Waals surface area (Å²) in [5.74, 6) is -0.715. The average molecular weight is 360 g/mol. The van der Waals surface area contributed by atoms with E-state index in [2.05, 4.69) is 15.5 Å². The van der Waals surface area contributed by atoms with E-state index < -0.39 is 23.7 Å². The lowest BCUT2D eigenvalue weighted by Crippen LogP contribution is -2.44.